The fraction of sp³-hybridized carbons (Fsp3) is 0.0909. The average molecular weight is 420 g/mol. The molecule has 4 aromatic rings. The van der Waals surface area contributed by atoms with Crippen LogP contribution in [0.2, 0.25) is 0 Å². The maximum Gasteiger partial charge on any atom is 0.251 e. The van der Waals surface area contributed by atoms with E-state index in [9.17, 15) is 4.79 Å². The van der Waals surface area contributed by atoms with Crippen molar-refractivity contribution in [2.24, 2.45) is 0 Å². The first kappa shape index (κ1) is 17.5. The molecule has 0 aliphatic carbocycles. The van der Waals surface area contributed by atoms with E-state index in [1.807, 2.05) is 60.9 Å². The van der Waals surface area contributed by atoms with E-state index in [1.54, 1.807) is 17.0 Å². The first-order valence-corrected chi connectivity index (χ1v) is 9.48. The topological polar surface area (TPSA) is 39.8 Å². The molecule has 0 radical (unpaired) electrons. The molecule has 134 valence electrons. The van der Waals surface area contributed by atoms with Gasteiger partial charge in [-0.2, -0.15) is 0 Å². The zero-order valence-corrected chi connectivity index (χ0v) is 16.2. The monoisotopic (exact) mass is 419 g/mol. The first-order valence-electron chi connectivity index (χ1n) is 8.68. The molecule has 0 spiro atoms. The fourth-order valence-electron chi connectivity index (χ4n) is 3.03. The Hall–Kier alpha value is -2.92. The van der Waals surface area contributed by atoms with Gasteiger partial charge in [0.25, 0.3) is 5.56 Å². The Bertz CT molecular complexity index is 1100. The average Bonchev–Trinajstić information content (AvgIpc) is 3.12. The molecule has 0 aliphatic rings. The van der Waals surface area contributed by atoms with Gasteiger partial charge in [0, 0.05) is 29.5 Å². The number of hydrogen-bond acceptors (Lipinski definition) is 2. The summed E-state index contributed by atoms with van der Waals surface area (Å²) in [6, 6.07) is 21.8. The van der Waals surface area contributed by atoms with E-state index in [-0.39, 0.29) is 5.56 Å². The van der Waals surface area contributed by atoms with E-state index < -0.39 is 0 Å². The van der Waals surface area contributed by atoms with Gasteiger partial charge < -0.3 is 9.13 Å². The zero-order chi connectivity index (χ0) is 18.6. The van der Waals surface area contributed by atoms with E-state index >= 15 is 0 Å². The van der Waals surface area contributed by atoms with Crippen LogP contribution in [-0.2, 0) is 13.1 Å². The third-order valence-electron chi connectivity index (χ3n) is 4.50. The number of hydrogen-bond donors (Lipinski definition) is 0. The molecule has 2 aromatic carbocycles. The predicted molar refractivity (Wildman–Crippen MR) is 111 cm³/mol. The summed E-state index contributed by atoms with van der Waals surface area (Å²) in [5.74, 6) is 0. The minimum absolute atomic E-state index is 0.0206. The number of aromatic nitrogens is 3. The molecule has 2 heterocycles. The Labute approximate surface area is 165 Å². The summed E-state index contributed by atoms with van der Waals surface area (Å²) in [7, 11) is 0. The second-order valence-corrected chi connectivity index (χ2v) is 7.30. The molecular formula is C22H18BrN3O. The van der Waals surface area contributed by atoms with Crippen molar-refractivity contribution in [3.8, 4) is 11.1 Å². The molecule has 27 heavy (non-hydrogen) atoms. The molecule has 0 N–H and O–H groups in total. The molecule has 4 nitrogen and oxygen atoms in total. The highest BCUT2D eigenvalue weighted by Crippen LogP contribution is 2.17. The van der Waals surface area contributed by atoms with Crippen molar-refractivity contribution in [2.75, 3.05) is 0 Å². The summed E-state index contributed by atoms with van der Waals surface area (Å²) in [6.45, 7) is 1.21. The van der Waals surface area contributed by atoms with E-state index in [1.165, 1.54) is 5.56 Å². The SMILES string of the molecule is O=c1cc(-c2ccccc2)ccn1Cc1cncn1Cc1ccc(Br)cc1. The number of benzene rings is 2. The van der Waals surface area contributed by atoms with Crippen LogP contribution >= 0.6 is 15.9 Å². The van der Waals surface area contributed by atoms with Gasteiger partial charge in [0.1, 0.15) is 0 Å². The molecule has 0 bridgehead atoms. The Morgan fingerprint density at radius 2 is 1.63 bits per heavy atom. The van der Waals surface area contributed by atoms with Gasteiger partial charge in [-0.05, 0) is 34.9 Å². The van der Waals surface area contributed by atoms with Crippen LogP contribution in [0.15, 0.2) is 94.7 Å². The van der Waals surface area contributed by atoms with Crippen molar-refractivity contribution in [1.82, 2.24) is 14.1 Å². The van der Waals surface area contributed by atoms with Crippen LogP contribution in [-0.4, -0.2) is 14.1 Å². The van der Waals surface area contributed by atoms with Crippen molar-refractivity contribution in [3.63, 3.8) is 0 Å². The van der Waals surface area contributed by atoms with E-state index in [0.29, 0.717) is 6.54 Å². The minimum Gasteiger partial charge on any atom is -0.328 e. The lowest BCUT2D eigenvalue weighted by molar-refractivity contribution is 0.671. The van der Waals surface area contributed by atoms with Crippen LogP contribution in [0.1, 0.15) is 11.3 Å². The first-order chi connectivity index (χ1) is 13.2. The summed E-state index contributed by atoms with van der Waals surface area (Å²) in [6.07, 6.45) is 5.47. The molecule has 0 amide bonds. The standard InChI is InChI=1S/C22H18BrN3O/c23-20-8-6-17(7-9-20)14-26-16-24-13-21(26)15-25-11-10-19(12-22(25)27)18-4-2-1-3-5-18/h1-13,16H,14-15H2. The molecule has 0 saturated carbocycles. The molecule has 0 unspecified atom stereocenters. The quantitative estimate of drug-likeness (QED) is 0.475. The highest BCUT2D eigenvalue weighted by Gasteiger charge is 2.07. The summed E-state index contributed by atoms with van der Waals surface area (Å²) in [5.41, 5.74) is 4.13. The van der Waals surface area contributed by atoms with Crippen molar-refractivity contribution >= 4 is 15.9 Å². The van der Waals surface area contributed by atoms with Crippen LogP contribution in [0.5, 0.6) is 0 Å². The van der Waals surface area contributed by atoms with Crippen molar-refractivity contribution in [2.45, 2.75) is 13.1 Å². The zero-order valence-electron chi connectivity index (χ0n) is 14.6. The Kier molecular flexibility index (Phi) is 5.03. The largest absolute Gasteiger partial charge is 0.328 e. The molecule has 2 aromatic heterocycles. The van der Waals surface area contributed by atoms with Gasteiger partial charge >= 0.3 is 0 Å². The number of pyridine rings is 1. The molecule has 4 rings (SSSR count). The van der Waals surface area contributed by atoms with E-state index in [4.69, 9.17) is 0 Å². The molecule has 0 aliphatic heterocycles. The maximum absolute atomic E-state index is 12.6. The maximum atomic E-state index is 12.6. The highest BCUT2D eigenvalue weighted by atomic mass is 79.9. The van der Waals surface area contributed by atoms with Gasteiger partial charge in [-0.25, -0.2) is 4.98 Å². The fourth-order valence-corrected chi connectivity index (χ4v) is 3.30. The van der Waals surface area contributed by atoms with Gasteiger partial charge in [-0.3, -0.25) is 4.79 Å². The Morgan fingerprint density at radius 1 is 0.852 bits per heavy atom. The van der Waals surface area contributed by atoms with Gasteiger partial charge in [-0.15, -0.1) is 0 Å². The number of halogens is 1. The third-order valence-corrected chi connectivity index (χ3v) is 5.03. The molecular weight excluding hydrogens is 402 g/mol. The molecule has 0 fully saturated rings. The lowest BCUT2D eigenvalue weighted by Gasteiger charge is -2.11. The molecule has 0 saturated heterocycles. The smallest absolute Gasteiger partial charge is 0.251 e. The van der Waals surface area contributed by atoms with Crippen LogP contribution in [0.3, 0.4) is 0 Å². The van der Waals surface area contributed by atoms with Crippen LogP contribution in [0.4, 0.5) is 0 Å². The van der Waals surface area contributed by atoms with Crippen molar-refractivity contribution in [1.29, 1.82) is 0 Å². The highest BCUT2D eigenvalue weighted by molar-refractivity contribution is 9.10. The van der Waals surface area contributed by atoms with E-state index in [0.717, 1.165) is 27.8 Å². The lowest BCUT2D eigenvalue weighted by atomic mass is 10.1. The molecule has 0 atom stereocenters. The Balaban J connectivity index is 1.56. The van der Waals surface area contributed by atoms with Crippen LogP contribution < -0.4 is 5.56 Å². The van der Waals surface area contributed by atoms with Gasteiger partial charge in [0.2, 0.25) is 0 Å². The number of imidazole rings is 1. The minimum atomic E-state index is -0.0206. The number of rotatable bonds is 5. The molecule has 5 heteroatoms. The Morgan fingerprint density at radius 3 is 2.37 bits per heavy atom. The lowest BCUT2D eigenvalue weighted by Crippen LogP contribution is -2.20. The summed E-state index contributed by atoms with van der Waals surface area (Å²) in [5, 5.41) is 0. The summed E-state index contributed by atoms with van der Waals surface area (Å²) >= 11 is 3.46. The predicted octanol–water partition coefficient (Wildman–Crippen LogP) is 4.57. The van der Waals surface area contributed by atoms with Gasteiger partial charge in [0.05, 0.1) is 18.6 Å². The van der Waals surface area contributed by atoms with Crippen molar-refractivity contribution < 1.29 is 0 Å². The van der Waals surface area contributed by atoms with Crippen LogP contribution in [0, 0.1) is 0 Å². The van der Waals surface area contributed by atoms with E-state index in [2.05, 4.69) is 37.6 Å². The second-order valence-electron chi connectivity index (χ2n) is 6.39. The third kappa shape index (κ3) is 4.09. The second kappa shape index (κ2) is 7.76. The van der Waals surface area contributed by atoms with Gasteiger partial charge in [-0.1, -0.05) is 58.4 Å². The normalized spacial score (nSPS) is 10.9. The number of nitrogens with zero attached hydrogens (tertiary/aromatic N) is 3. The van der Waals surface area contributed by atoms with Crippen molar-refractivity contribution in [3.05, 3.63) is 112 Å². The van der Waals surface area contributed by atoms with Crippen LogP contribution in [0.25, 0.3) is 11.1 Å². The van der Waals surface area contributed by atoms with Gasteiger partial charge in [0.15, 0.2) is 0 Å². The summed E-state index contributed by atoms with van der Waals surface area (Å²) < 4.78 is 4.84. The summed E-state index contributed by atoms with van der Waals surface area (Å²) in [4.78, 5) is 16.8.